The number of halogens is 6. The number of rotatable bonds is 4. The number of nitrogens with one attached hydrogen (secondary N) is 1. The van der Waals surface area contributed by atoms with Crippen molar-refractivity contribution in [1.29, 1.82) is 0 Å². The minimum absolute atomic E-state index is 0.0427. The Morgan fingerprint density at radius 2 is 1.52 bits per heavy atom. The Balaban J connectivity index is 3.11. The molecule has 9 heteroatoms. The summed E-state index contributed by atoms with van der Waals surface area (Å²) in [6, 6.07) is 0.348. The van der Waals surface area contributed by atoms with Gasteiger partial charge >= 0.3 is 12.4 Å². The van der Waals surface area contributed by atoms with Gasteiger partial charge in [-0.2, -0.15) is 26.3 Å². The molecule has 118 valence electrons. The molecule has 1 unspecified atom stereocenters. The van der Waals surface area contributed by atoms with Crippen LogP contribution < -0.4 is 11.1 Å². The Bertz CT molecular complexity index is 491. The summed E-state index contributed by atoms with van der Waals surface area (Å²) in [6.07, 6.45) is -9.80. The Morgan fingerprint density at radius 3 is 1.86 bits per heavy atom. The zero-order valence-corrected chi connectivity index (χ0v) is 10.8. The number of nitrogens with two attached hydrogens (primary N) is 1. The lowest BCUT2D eigenvalue weighted by atomic mass is 10.0. The molecule has 0 radical (unpaired) electrons. The van der Waals surface area contributed by atoms with E-state index < -0.39 is 35.4 Å². The van der Waals surface area contributed by atoms with Gasteiger partial charge in [0, 0.05) is 6.54 Å². The van der Waals surface area contributed by atoms with Gasteiger partial charge < -0.3 is 11.1 Å². The molecule has 0 saturated carbocycles. The molecule has 0 aliphatic heterocycles. The number of carbonyl (C=O) groups excluding carboxylic acids is 1. The predicted molar refractivity (Wildman–Crippen MR) is 61.9 cm³/mol. The van der Waals surface area contributed by atoms with Crippen LogP contribution in [0.25, 0.3) is 0 Å². The van der Waals surface area contributed by atoms with Crippen molar-refractivity contribution in [1.82, 2.24) is 5.32 Å². The molecule has 0 spiro atoms. The maximum absolute atomic E-state index is 12.6. The molecule has 1 amide bonds. The first kappa shape index (κ1) is 17.3. The fraction of sp³-hybridized carbons (Fsp3) is 0.417. The van der Waals surface area contributed by atoms with E-state index in [1.165, 1.54) is 6.92 Å². The molecule has 1 aromatic carbocycles. The van der Waals surface area contributed by atoms with Crippen molar-refractivity contribution in [2.45, 2.75) is 31.9 Å². The first-order chi connectivity index (χ1) is 9.41. The molecule has 1 aromatic rings. The second-order valence-electron chi connectivity index (χ2n) is 4.42. The number of hydrogen-bond acceptors (Lipinski definition) is 2. The highest BCUT2D eigenvalue weighted by molar-refractivity contribution is 5.79. The van der Waals surface area contributed by atoms with E-state index in [2.05, 4.69) is 5.32 Å². The van der Waals surface area contributed by atoms with E-state index in [0.29, 0.717) is 12.1 Å². The summed E-state index contributed by atoms with van der Waals surface area (Å²) in [6.45, 7) is 0.998. The van der Waals surface area contributed by atoms with E-state index in [4.69, 9.17) is 5.73 Å². The highest BCUT2D eigenvalue weighted by Crippen LogP contribution is 2.36. The van der Waals surface area contributed by atoms with Crippen molar-refractivity contribution in [3.63, 3.8) is 0 Å². The molecule has 1 rings (SSSR count). The lowest BCUT2D eigenvalue weighted by Gasteiger charge is -2.15. The fourth-order valence-electron chi connectivity index (χ4n) is 1.49. The Labute approximate surface area is 116 Å². The number of hydrogen-bond donors (Lipinski definition) is 2. The molecule has 3 N–H and O–H groups in total. The molecule has 3 nitrogen and oxygen atoms in total. The van der Waals surface area contributed by atoms with Crippen LogP contribution in [-0.4, -0.2) is 11.9 Å². The maximum atomic E-state index is 12.6. The van der Waals surface area contributed by atoms with Crippen molar-refractivity contribution in [2.75, 3.05) is 0 Å². The van der Waals surface area contributed by atoms with Crippen LogP contribution in [0, 0.1) is 0 Å². The van der Waals surface area contributed by atoms with Crippen LogP contribution in [-0.2, 0) is 23.7 Å². The van der Waals surface area contributed by atoms with Gasteiger partial charge in [-0.05, 0) is 30.7 Å². The third-order valence-electron chi connectivity index (χ3n) is 2.69. The summed E-state index contributed by atoms with van der Waals surface area (Å²) in [5, 5.41) is 2.45. The van der Waals surface area contributed by atoms with Crippen LogP contribution in [0.4, 0.5) is 26.3 Å². The molecular weight excluding hydrogens is 302 g/mol. The molecule has 1 atom stereocenters. The molecule has 0 aliphatic carbocycles. The van der Waals surface area contributed by atoms with Crippen LogP contribution in [0.1, 0.15) is 23.6 Å². The lowest BCUT2D eigenvalue weighted by molar-refractivity contribution is -0.143. The summed E-state index contributed by atoms with van der Waals surface area (Å²) >= 11 is 0. The van der Waals surface area contributed by atoms with E-state index >= 15 is 0 Å². The van der Waals surface area contributed by atoms with Gasteiger partial charge in [-0.15, -0.1) is 0 Å². The van der Waals surface area contributed by atoms with Gasteiger partial charge in [-0.3, -0.25) is 4.79 Å². The number of amides is 1. The normalized spacial score (nSPS) is 14.0. The summed E-state index contributed by atoms with van der Waals surface area (Å²) in [4.78, 5) is 10.8. The molecule has 0 aromatic heterocycles. The van der Waals surface area contributed by atoms with Gasteiger partial charge in [0.15, 0.2) is 0 Å². The Hall–Kier alpha value is -1.77. The monoisotopic (exact) mass is 314 g/mol. The van der Waals surface area contributed by atoms with Gasteiger partial charge in [0.1, 0.15) is 0 Å². The van der Waals surface area contributed by atoms with Gasteiger partial charge in [0.05, 0.1) is 17.2 Å². The van der Waals surface area contributed by atoms with Crippen molar-refractivity contribution in [2.24, 2.45) is 5.73 Å². The number of benzene rings is 1. The van der Waals surface area contributed by atoms with Crippen LogP contribution in [0.5, 0.6) is 0 Å². The summed E-state index contributed by atoms with van der Waals surface area (Å²) in [5.74, 6) is -0.766. The van der Waals surface area contributed by atoms with Crippen molar-refractivity contribution in [3.05, 3.63) is 34.9 Å². The van der Waals surface area contributed by atoms with E-state index in [1.807, 2.05) is 0 Å². The fourth-order valence-corrected chi connectivity index (χ4v) is 1.49. The first-order valence-electron chi connectivity index (χ1n) is 5.72. The highest BCUT2D eigenvalue weighted by atomic mass is 19.4. The standard InChI is InChI=1S/C12H12F6N2O/c1-6(10(19)21)20-5-7-2-8(11(13,14)15)4-9(3-7)12(16,17)18/h2-4,6,20H,5H2,1H3,(H2,19,21). The molecule has 0 saturated heterocycles. The average molecular weight is 314 g/mol. The predicted octanol–water partition coefficient (Wildman–Crippen LogP) is 2.69. The van der Waals surface area contributed by atoms with Crippen LogP contribution in [0.2, 0.25) is 0 Å². The SMILES string of the molecule is CC(NCc1cc(C(F)(F)F)cc(C(F)(F)F)c1)C(N)=O. The number of alkyl halides is 6. The Kier molecular flexibility index (Phi) is 4.87. The van der Waals surface area contributed by atoms with E-state index in [9.17, 15) is 31.1 Å². The second kappa shape index (κ2) is 5.92. The third kappa shape index (κ3) is 4.92. The van der Waals surface area contributed by atoms with Crippen molar-refractivity contribution < 1.29 is 31.1 Å². The van der Waals surface area contributed by atoms with Gasteiger partial charge in [-0.25, -0.2) is 0 Å². The van der Waals surface area contributed by atoms with Crippen LogP contribution >= 0.6 is 0 Å². The van der Waals surface area contributed by atoms with E-state index in [0.717, 1.165) is 0 Å². The number of primary amides is 1. The second-order valence-corrected chi connectivity index (χ2v) is 4.42. The van der Waals surface area contributed by atoms with Gasteiger partial charge in [0.2, 0.25) is 5.91 Å². The molecular formula is C12H12F6N2O. The summed E-state index contributed by atoms with van der Waals surface area (Å²) in [7, 11) is 0. The molecule has 0 aliphatic rings. The summed E-state index contributed by atoms with van der Waals surface area (Å²) in [5.41, 5.74) is 1.89. The third-order valence-corrected chi connectivity index (χ3v) is 2.69. The lowest BCUT2D eigenvalue weighted by Crippen LogP contribution is -2.38. The van der Waals surface area contributed by atoms with Crippen LogP contribution in [0.3, 0.4) is 0 Å². The van der Waals surface area contributed by atoms with Gasteiger partial charge in [0.25, 0.3) is 0 Å². The average Bonchev–Trinajstić information content (AvgIpc) is 2.33. The smallest absolute Gasteiger partial charge is 0.368 e. The quantitative estimate of drug-likeness (QED) is 0.840. The minimum atomic E-state index is -4.90. The van der Waals surface area contributed by atoms with E-state index in [-0.39, 0.29) is 18.2 Å². The molecule has 0 heterocycles. The van der Waals surface area contributed by atoms with Gasteiger partial charge in [-0.1, -0.05) is 0 Å². The van der Waals surface area contributed by atoms with E-state index in [1.54, 1.807) is 0 Å². The van der Waals surface area contributed by atoms with Crippen molar-refractivity contribution >= 4 is 5.91 Å². The molecule has 0 bridgehead atoms. The topological polar surface area (TPSA) is 55.1 Å². The Morgan fingerprint density at radius 1 is 1.10 bits per heavy atom. The zero-order valence-electron chi connectivity index (χ0n) is 10.8. The largest absolute Gasteiger partial charge is 0.416 e. The first-order valence-corrected chi connectivity index (χ1v) is 5.72. The summed E-state index contributed by atoms with van der Waals surface area (Å²) < 4.78 is 75.6. The highest BCUT2D eigenvalue weighted by Gasteiger charge is 2.36. The van der Waals surface area contributed by atoms with Crippen molar-refractivity contribution in [3.8, 4) is 0 Å². The maximum Gasteiger partial charge on any atom is 0.416 e. The minimum Gasteiger partial charge on any atom is -0.368 e. The molecule has 0 fully saturated rings. The van der Waals surface area contributed by atoms with Crippen LogP contribution in [0.15, 0.2) is 18.2 Å². The zero-order chi connectivity index (χ0) is 16.4. The molecule has 21 heavy (non-hydrogen) atoms. The number of carbonyl (C=O) groups is 1.